The highest BCUT2D eigenvalue weighted by Gasteiger charge is 2.23. The third kappa shape index (κ3) is 3.82. The predicted octanol–water partition coefficient (Wildman–Crippen LogP) is 5.73. The van der Waals surface area contributed by atoms with Crippen LogP contribution in [0.15, 0.2) is 48.7 Å². The van der Waals surface area contributed by atoms with Gasteiger partial charge in [-0.15, -0.1) is 11.3 Å². The Morgan fingerprint density at radius 2 is 2.06 bits per heavy atom. The van der Waals surface area contributed by atoms with Crippen molar-refractivity contribution in [1.82, 2.24) is 10.3 Å². The molecule has 3 heterocycles. The van der Waals surface area contributed by atoms with Gasteiger partial charge in [-0.05, 0) is 48.6 Å². The van der Waals surface area contributed by atoms with Crippen molar-refractivity contribution >= 4 is 38.2 Å². The number of nitrogens with one attached hydrogen (secondary N) is 1. The van der Waals surface area contributed by atoms with Crippen LogP contribution < -0.4 is 5.32 Å². The van der Waals surface area contributed by atoms with E-state index in [4.69, 9.17) is 4.74 Å². The minimum atomic E-state index is -0.312. The number of hydrogen-bond acceptors (Lipinski definition) is 4. The van der Waals surface area contributed by atoms with Crippen molar-refractivity contribution in [3.05, 3.63) is 64.9 Å². The summed E-state index contributed by atoms with van der Waals surface area (Å²) in [5.74, 6) is -0.441. The molecule has 4 nitrogen and oxygen atoms in total. The van der Waals surface area contributed by atoms with Gasteiger partial charge < -0.3 is 10.1 Å². The topological polar surface area (TPSA) is 51.2 Å². The van der Waals surface area contributed by atoms with Crippen LogP contribution in [0.25, 0.3) is 32.1 Å². The van der Waals surface area contributed by atoms with Crippen LogP contribution in [0.3, 0.4) is 0 Å². The van der Waals surface area contributed by atoms with Gasteiger partial charge in [0.2, 0.25) is 0 Å². The molecule has 0 aliphatic carbocycles. The molecule has 1 N–H and O–H groups in total. The van der Waals surface area contributed by atoms with Gasteiger partial charge in [-0.3, -0.25) is 9.78 Å². The van der Waals surface area contributed by atoms with Crippen LogP contribution >= 0.6 is 11.3 Å². The third-order valence-electron chi connectivity index (χ3n) is 5.85. The number of hydrogen-bond donors (Lipinski definition) is 1. The lowest BCUT2D eigenvalue weighted by Gasteiger charge is -2.11. The maximum Gasteiger partial charge on any atom is 0.262 e. The smallest absolute Gasteiger partial charge is 0.262 e. The number of benzene rings is 2. The Balaban J connectivity index is 1.64. The third-order valence-corrected chi connectivity index (χ3v) is 7.09. The van der Waals surface area contributed by atoms with E-state index >= 15 is 0 Å². The fourth-order valence-corrected chi connectivity index (χ4v) is 5.39. The van der Waals surface area contributed by atoms with E-state index in [0.717, 1.165) is 52.5 Å². The number of carbonyl (C=O) groups excluding carboxylic acids is 1. The zero-order chi connectivity index (χ0) is 21.4. The van der Waals surface area contributed by atoms with Crippen LogP contribution in [-0.4, -0.2) is 30.1 Å². The van der Waals surface area contributed by atoms with Gasteiger partial charge in [0.05, 0.1) is 11.6 Å². The summed E-state index contributed by atoms with van der Waals surface area (Å²) in [6.45, 7) is 3.36. The molecule has 4 aromatic rings. The number of thiophene rings is 1. The van der Waals surface area contributed by atoms with Crippen molar-refractivity contribution in [1.29, 1.82) is 0 Å². The van der Waals surface area contributed by atoms with E-state index in [-0.39, 0.29) is 17.8 Å². The molecule has 0 radical (unpaired) electrons. The summed E-state index contributed by atoms with van der Waals surface area (Å²) in [7, 11) is 0. The Morgan fingerprint density at radius 1 is 1.23 bits per heavy atom. The fraction of sp³-hybridized carbons (Fsp3) is 0.280. The average molecular weight is 435 g/mol. The van der Waals surface area contributed by atoms with E-state index in [2.05, 4.69) is 29.4 Å². The van der Waals surface area contributed by atoms with Gasteiger partial charge >= 0.3 is 0 Å². The van der Waals surface area contributed by atoms with Gasteiger partial charge in [0.1, 0.15) is 10.7 Å². The first-order valence-corrected chi connectivity index (χ1v) is 11.5. The Morgan fingerprint density at radius 3 is 2.81 bits per heavy atom. The first-order valence-electron chi connectivity index (χ1n) is 10.6. The number of aryl methyl sites for hydroxylation is 1. The molecule has 1 aliphatic rings. The molecule has 2 aromatic heterocycles. The monoisotopic (exact) mass is 434 g/mol. The molecule has 0 bridgehead atoms. The van der Waals surface area contributed by atoms with E-state index < -0.39 is 0 Å². The average Bonchev–Trinajstić information content (AvgIpc) is 3.45. The maximum atomic E-state index is 14.0. The molecular formula is C25H23FN2O2S. The molecule has 1 unspecified atom stereocenters. The first-order chi connectivity index (χ1) is 15.1. The van der Waals surface area contributed by atoms with Crippen LogP contribution in [0.4, 0.5) is 4.39 Å². The van der Waals surface area contributed by atoms with Gasteiger partial charge in [0.25, 0.3) is 5.91 Å². The highest BCUT2D eigenvalue weighted by molar-refractivity contribution is 7.22. The van der Waals surface area contributed by atoms with Crippen LogP contribution in [-0.2, 0) is 11.2 Å². The molecule has 6 heteroatoms. The van der Waals surface area contributed by atoms with E-state index in [0.29, 0.717) is 16.9 Å². The molecule has 1 atom stereocenters. The number of nitrogens with zero attached hydrogens (tertiary/aromatic N) is 1. The number of ether oxygens (including phenoxy) is 1. The van der Waals surface area contributed by atoms with Gasteiger partial charge in [-0.1, -0.05) is 31.2 Å². The second kappa shape index (κ2) is 8.36. The Kier molecular flexibility index (Phi) is 5.42. The number of amides is 1. The van der Waals surface area contributed by atoms with Gasteiger partial charge in [0, 0.05) is 40.4 Å². The van der Waals surface area contributed by atoms with Gasteiger partial charge in [0.15, 0.2) is 0 Å². The lowest BCUT2D eigenvalue weighted by molar-refractivity contribution is 0.0861. The summed E-state index contributed by atoms with van der Waals surface area (Å²) >= 11 is 1.40. The van der Waals surface area contributed by atoms with Crippen LogP contribution in [0, 0.1) is 5.82 Å². The molecule has 158 valence electrons. The number of aromatic nitrogens is 1. The molecule has 0 saturated carbocycles. The minimum absolute atomic E-state index is 0.0715. The summed E-state index contributed by atoms with van der Waals surface area (Å²) in [5.41, 5.74) is 3.77. The molecular weight excluding hydrogens is 411 g/mol. The Labute approximate surface area is 184 Å². The Hall–Kier alpha value is -2.83. The first kappa shape index (κ1) is 20.1. The second-order valence-electron chi connectivity index (χ2n) is 7.86. The molecule has 2 aromatic carbocycles. The van der Waals surface area contributed by atoms with E-state index in [1.807, 2.05) is 12.1 Å². The quantitative estimate of drug-likeness (QED) is 0.437. The van der Waals surface area contributed by atoms with E-state index in [1.165, 1.54) is 29.0 Å². The summed E-state index contributed by atoms with van der Waals surface area (Å²) in [4.78, 5) is 18.4. The SMILES string of the molecule is CCc1ccc(-c2c(C(=O)NCC3CCCO3)sc3c2cnc2ccc(F)cc23)cc1. The fourth-order valence-electron chi connectivity index (χ4n) is 4.15. The zero-order valence-electron chi connectivity index (χ0n) is 17.3. The minimum Gasteiger partial charge on any atom is -0.376 e. The second-order valence-corrected chi connectivity index (χ2v) is 8.88. The number of fused-ring (bicyclic) bond motifs is 3. The van der Waals surface area contributed by atoms with Crippen LogP contribution in [0.2, 0.25) is 0 Å². The molecule has 1 fully saturated rings. The molecule has 1 saturated heterocycles. The lowest BCUT2D eigenvalue weighted by atomic mass is 9.99. The molecule has 0 spiro atoms. The van der Waals surface area contributed by atoms with Crippen LogP contribution in [0.1, 0.15) is 35.0 Å². The summed E-state index contributed by atoms with van der Waals surface area (Å²) in [6, 6.07) is 12.9. The largest absolute Gasteiger partial charge is 0.376 e. The summed E-state index contributed by atoms with van der Waals surface area (Å²) in [5, 5.41) is 4.64. The van der Waals surface area contributed by atoms with Crippen molar-refractivity contribution in [3.8, 4) is 11.1 Å². The number of halogens is 1. The van der Waals surface area contributed by atoms with Crippen molar-refractivity contribution in [3.63, 3.8) is 0 Å². The Bertz CT molecular complexity index is 1260. The van der Waals surface area contributed by atoms with Gasteiger partial charge in [-0.25, -0.2) is 4.39 Å². The summed E-state index contributed by atoms with van der Waals surface area (Å²) in [6.07, 6.45) is 4.81. The molecule has 5 rings (SSSR count). The van der Waals surface area contributed by atoms with Crippen molar-refractivity contribution in [2.75, 3.05) is 13.2 Å². The van der Waals surface area contributed by atoms with Crippen molar-refractivity contribution in [2.45, 2.75) is 32.3 Å². The predicted molar refractivity (Wildman–Crippen MR) is 123 cm³/mol. The highest BCUT2D eigenvalue weighted by Crippen LogP contribution is 2.41. The number of rotatable bonds is 5. The van der Waals surface area contributed by atoms with Crippen molar-refractivity contribution < 1.29 is 13.9 Å². The standard InChI is InChI=1S/C25H23FN2O2S/c1-2-15-5-7-16(8-6-15)22-20-14-27-21-10-9-17(26)12-19(21)23(20)31-24(22)25(29)28-13-18-4-3-11-30-18/h5-10,12,14,18H,2-4,11,13H2,1H3,(H,28,29). The summed E-state index contributed by atoms with van der Waals surface area (Å²) < 4.78 is 20.5. The zero-order valence-corrected chi connectivity index (χ0v) is 18.1. The van der Waals surface area contributed by atoms with E-state index in [9.17, 15) is 9.18 Å². The van der Waals surface area contributed by atoms with Crippen molar-refractivity contribution in [2.24, 2.45) is 0 Å². The maximum absolute atomic E-state index is 14.0. The highest BCUT2D eigenvalue weighted by atomic mass is 32.1. The molecule has 1 amide bonds. The van der Waals surface area contributed by atoms with Gasteiger partial charge in [-0.2, -0.15) is 0 Å². The number of carbonyl (C=O) groups is 1. The van der Waals surface area contributed by atoms with E-state index in [1.54, 1.807) is 12.3 Å². The molecule has 1 aliphatic heterocycles. The number of pyridine rings is 1. The normalized spacial score (nSPS) is 16.3. The van der Waals surface area contributed by atoms with Crippen LogP contribution in [0.5, 0.6) is 0 Å². The lowest BCUT2D eigenvalue weighted by Crippen LogP contribution is -2.31. The molecule has 31 heavy (non-hydrogen) atoms.